The Morgan fingerprint density at radius 3 is 2.50 bits per heavy atom. The topological polar surface area (TPSA) is 15.3 Å². The van der Waals surface area contributed by atoms with Crippen LogP contribution in [-0.4, -0.2) is 37.1 Å². The van der Waals surface area contributed by atoms with Gasteiger partial charge in [-0.05, 0) is 56.7 Å². The summed E-state index contributed by atoms with van der Waals surface area (Å²) in [7, 11) is 0. The molecule has 1 N–H and O–H groups in total. The maximum atomic E-state index is 6.32. The van der Waals surface area contributed by atoms with E-state index in [2.05, 4.69) is 59.1 Å². The molecule has 2 nitrogen and oxygen atoms in total. The summed E-state index contributed by atoms with van der Waals surface area (Å²) in [5, 5.41) is 4.43. The molecule has 1 rings (SSSR count). The maximum Gasteiger partial charge on any atom is 0.0449 e. The molecule has 0 spiro atoms. The van der Waals surface area contributed by atoms with Gasteiger partial charge < -0.3 is 10.2 Å². The number of halogens is 2. The molecule has 0 aliphatic heterocycles. The van der Waals surface area contributed by atoms with Gasteiger partial charge in [-0.25, -0.2) is 0 Å². The van der Waals surface area contributed by atoms with Crippen molar-refractivity contribution in [2.75, 3.05) is 26.2 Å². The van der Waals surface area contributed by atoms with Crippen LogP contribution in [0.3, 0.4) is 0 Å². The molecule has 0 heterocycles. The highest BCUT2D eigenvalue weighted by Crippen LogP contribution is 2.23. The first-order valence-electron chi connectivity index (χ1n) is 7.50. The molecule has 0 saturated carbocycles. The van der Waals surface area contributed by atoms with E-state index in [4.69, 9.17) is 11.6 Å². The Morgan fingerprint density at radius 2 is 1.95 bits per heavy atom. The van der Waals surface area contributed by atoms with Gasteiger partial charge in [-0.15, -0.1) is 0 Å². The third kappa shape index (κ3) is 6.13. The van der Waals surface area contributed by atoms with E-state index in [0.29, 0.717) is 6.04 Å². The number of likely N-dealkylation sites (N-methyl/N-ethyl adjacent to an activating group) is 1. The first kappa shape index (κ1) is 18.0. The van der Waals surface area contributed by atoms with E-state index in [1.807, 2.05) is 6.07 Å². The quantitative estimate of drug-likeness (QED) is 0.703. The average Bonchev–Trinajstić information content (AvgIpc) is 2.43. The van der Waals surface area contributed by atoms with Crippen LogP contribution in [0.15, 0.2) is 22.7 Å². The molecule has 0 fully saturated rings. The third-order valence-corrected chi connectivity index (χ3v) is 4.51. The lowest BCUT2D eigenvalue weighted by Crippen LogP contribution is -2.35. The van der Waals surface area contributed by atoms with Gasteiger partial charge in [0.05, 0.1) is 0 Å². The van der Waals surface area contributed by atoms with Crippen molar-refractivity contribution in [3.63, 3.8) is 0 Å². The Balaban J connectivity index is 2.61. The predicted octanol–water partition coefficient (Wildman–Crippen LogP) is 4.36. The maximum absolute atomic E-state index is 6.32. The van der Waals surface area contributed by atoms with Crippen molar-refractivity contribution in [1.29, 1.82) is 0 Å². The lowest BCUT2D eigenvalue weighted by atomic mass is 10.0. The second-order valence-corrected chi connectivity index (χ2v) is 6.33. The smallest absolute Gasteiger partial charge is 0.0449 e. The first-order valence-corrected chi connectivity index (χ1v) is 8.67. The van der Waals surface area contributed by atoms with Gasteiger partial charge in [-0.3, -0.25) is 0 Å². The molecule has 1 unspecified atom stereocenters. The zero-order valence-electron chi connectivity index (χ0n) is 12.8. The fourth-order valence-corrected chi connectivity index (χ4v) is 3.15. The minimum Gasteiger partial charge on any atom is -0.314 e. The zero-order chi connectivity index (χ0) is 15.0. The van der Waals surface area contributed by atoms with Crippen molar-refractivity contribution < 1.29 is 0 Å². The summed E-state index contributed by atoms with van der Waals surface area (Å²) in [6.07, 6.45) is 2.14. The highest BCUT2D eigenvalue weighted by atomic mass is 79.9. The molecule has 1 aromatic rings. The molecule has 0 aliphatic rings. The molecule has 114 valence electrons. The number of hydrogen-bond donors (Lipinski definition) is 1. The van der Waals surface area contributed by atoms with Crippen LogP contribution in [0.2, 0.25) is 5.02 Å². The predicted molar refractivity (Wildman–Crippen MR) is 92.7 cm³/mol. The molecule has 0 bridgehead atoms. The molecular weight excluding hydrogens is 336 g/mol. The van der Waals surface area contributed by atoms with Gasteiger partial charge in [0.2, 0.25) is 0 Å². The van der Waals surface area contributed by atoms with Crippen LogP contribution in [0.1, 0.15) is 32.8 Å². The number of nitrogens with zero attached hydrogens (tertiary/aromatic N) is 1. The van der Waals surface area contributed by atoms with E-state index in [-0.39, 0.29) is 0 Å². The van der Waals surface area contributed by atoms with Crippen LogP contribution in [0, 0.1) is 0 Å². The van der Waals surface area contributed by atoms with Crippen LogP contribution in [-0.2, 0) is 6.42 Å². The van der Waals surface area contributed by atoms with E-state index in [1.165, 1.54) is 5.56 Å². The molecular formula is C16H26BrClN2. The van der Waals surface area contributed by atoms with Gasteiger partial charge in [-0.1, -0.05) is 54.4 Å². The van der Waals surface area contributed by atoms with E-state index < -0.39 is 0 Å². The fourth-order valence-electron chi connectivity index (χ4n) is 2.40. The Morgan fingerprint density at radius 1 is 1.25 bits per heavy atom. The number of hydrogen-bond acceptors (Lipinski definition) is 2. The number of benzene rings is 1. The van der Waals surface area contributed by atoms with E-state index >= 15 is 0 Å². The Kier molecular flexibility index (Phi) is 8.78. The summed E-state index contributed by atoms with van der Waals surface area (Å²) in [5.74, 6) is 0. The van der Waals surface area contributed by atoms with E-state index in [0.717, 1.165) is 48.5 Å². The molecule has 1 aromatic carbocycles. The molecule has 4 heteroatoms. The summed E-state index contributed by atoms with van der Waals surface area (Å²) >= 11 is 9.78. The Hall–Kier alpha value is -0.0900. The summed E-state index contributed by atoms with van der Waals surface area (Å²) in [5.41, 5.74) is 1.22. The van der Waals surface area contributed by atoms with Crippen LogP contribution in [0.5, 0.6) is 0 Å². The van der Waals surface area contributed by atoms with Crippen molar-refractivity contribution >= 4 is 27.5 Å². The summed E-state index contributed by atoms with van der Waals surface area (Å²) in [6.45, 7) is 11.0. The van der Waals surface area contributed by atoms with Gasteiger partial charge in [0.1, 0.15) is 0 Å². The summed E-state index contributed by atoms with van der Waals surface area (Å²) in [4.78, 5) is 2.47. The number of rotatable bonds is 9. The van der Waals surface area contributed by atoms with Crippen molar-refractivity contribution in [1.82, 2.24) is 10.2 Å². The van der Waals surface area contributed by atoms with Gasteiger partial charge in [0.15, 0.2) is 0 Å². The van der Waals surface area contributed by atoms with Crippen LogP contribution in [0.25, 0.3) is 0 Å². The van der Waals surface area contributed by atoms with Gasteiger partial charge in [-0.2, -0.15) is 0 Å². The monoisotopic (exact) mass is 360 g/mol. The molecule has 1 atom stereocenters. The molecule has 0 radical (unpaired) electrons. The molecule has 0 aliphatic carbocycles. The van der Waals surface area contributed by atoms with E-state index in [9.17, 15) is 0 Å². The van der Waals surface area contributed by atoms with Crippen molar-refractivity contribution in [3.05, 3.63) is 33.3 Å². The highest BCUT2D eigenvalue weighted by molar-refractivity contribution is 9.10. The second-order valence-electron chi connectivity index (χ2n) is 5.01. The zero-order valence-corrected chi connectivity index (χ0v) is 15.1. The minimum atomic E-state index is 0.485. The average molecular weight is 362 g/mol. The summed E-state index contributed by atoms with van der Waals surface area (Å²) < 4.78 is 1.04. The van der Waals surface area contributed by atoms with Crippen LogP contribution >= 0.6 is 27.5 Å². The lowest BCUT2D eigenvalue weighted by molar-refractivity contribution is 0.281. The second kappa shape index (κ2) is 9.78. The van der Waals surface area contributed by atoms with Crippen LogP contribution < -0.4 is 5.32 Å². The molecule has 0 saturated heterocycles. The highest BCUT2D eigenvalue weighted by Gasteiger charge is 2.12. The standard InChI is InChI=1S/C16H26BrClN2/c1-4-19-15(9-10-20(5-2)6-3)11-13-7-8-14(17)12-16(13)18/h7-8,12,15,19H,4-6,9-11H2,1-3H3. The normalized spacial score (nSPS) is 12.9. The van der Waals surface area contributed by atoms with Crippen molar-refractivity contribution in [2.45, 2.75) is 39.7 Å². The van der Waals surface area contributed by atoms with E-state index in [1.54, 1.807) is 0 Å². The largest absolute Gasteiger partial charge is 0.314 e. The SMILES string of the molecule is CCNC(CCN(CC)CC)Cc1ccc(Br)cc1Cl. The molecule has 0 amide bonds. The van der Waals surface area contributed by atoms with Gasteiger partial charge >= 0.3 is 0 Å². The molecule has 0 aromatic heterocycles. The minimum absolute atomic E-state index is 0.485. The Labute approximate surface area is 137 Å². The van der Waals surface area contributed by atoms with Crippen molar-refractivity contribution in [2.24, 2.45) is 0 Å². The van der Waals surface area contributed by atoms with Gasteiger partial charge in [0.25, 0.3) is 0 Å². The van der Waals surface area contributed by atoms with Gasteiger partial charge in [0, 0.05) is 15.5 Å². The third-order valence-electron chi connectivity index (χ3n) is 3.66. The Bertz CT molecular complexity index is 394. The first-order chi connectivity index (χ1) is 9.60. The lowest BCUT2D eigenvalue weighted by Gasteiger charge is -2.23. The van der Waals surface area contributed by atoms with Crippen molar-refractivity contribution in [3.8, 4) is 0 Å². The fraction of sp³-hybridized carbons (Fsp3) is 0.625. The van der Waals surface area contributed by atoms with Crippen LogP contribution in [0.4, 0.5) is 0 Å². The number of nitrogens with one attached hydrogen (secondary N) is 1. The molecule has 20 heavy (non-hydrogen) atoms. The summed E-state index contributed by atoms with van der Waals surface area (Å²) in [6, 6.07) is 6.65.